The average molecular weight is 197 g/mol. The summed E-state index contributed by atoms with van der Waals surface area (Å²) in [6.07, 6.45) is 5.27. The van der Waals surface area contributed by atoms with Crippen molar-refractivity contribution in [3.8, 4) is 0 Å². The number of hydrogen-bond donors (Lipinski definition) is 0. The minimum Gasteiger partial charge on any atom is -0.299 e. The molecule has 1 fully saturated rings. The van der Waals surface area contributed by atoms with E-state index in [-0.39, 0.29) is 0 Å². The molecule has 1 rings (SSSR count). The fourth-order valence-electron chi connectivity index (χ4n) is 2.37. The van der Waals surface area contributed by atoms with Gasteiger partial charge in [-0.05, 0) is 25.7 Å². The third-order valence-corrected chi connectivity index (χ3v) is 2.87. The van der Waals surface area contributed by atoms with Crippen molar-refractivity contribution in [3.05, 3.63) is 0 Å². The Hall–Kier alpha value is -0.370. The Morgan fingerprint density at radius 3 is 2.36 bits per heavy atom. The standard InChI is InChI=1S/C12H23NO/c1-10(2)8-13(9-11(3)14)12-6-4-5-7-12/h10,12H,4-9H2,1-3H3. The largest absolute Gasteiger partial charge is 0.299 e. The average Bonchev–Trinajstić information content (AvgIpc) is 2.52. The molecular formula is C12H23NO. The van der Waals surface area contributed by atoms with Crippen LogP contribution in [0.5, 0.6) is 0 Å². The first-order chi connectivity index (χ1) is 6.59. The van der Waals surface area contributed by atoms with Crippen LogP contribution in [0.25, 0.3) is 0 Å². The second-order valence-corrected chi connectivity index (χ2v) is 4.96. The van der Waals surface area contributed by atoms with Gasteiger partial charge in [-0.2, -0.15) is 0 Å². The molecule has 0 radical (unpaired) electrons. The van der Waals surface area contributed by atoms with Crippen LogP contribution in [0.2, 0.25) is 0 Å². The van der Waals surface area contributed by atoms with Gasteiger partial charge < -0.3 is 0 Å². The highest BCUT2D eigenvalue weighted by molar-refractivity contribution is 5.77. The van der Waals surface area contributed by atoms with Crippen LogP contribution in [0.1, 0.15) is 46.5 Å². The number of carbonyl (C=O) groups is 1. The van der Waals surface area contributed by atoms with Crippen LogP contribution in [-0.2, 0) is 4.79 Å². The van der Waals surface area contributed by atoms with Crippen molar-refractivity contribution >= 4 is 5.78 Å². The van der Waals surface area contributed by atoms with Crippen LogP contribution in [0, 0.1) is 5.92 Å². The van der Waals surface area contributed by atoms with E-state index in [2.05, 4.69) is 18.7 Å². The molecule has 82 valence electrons. The number of hydrogen-bond acceptors (Lipinski definition) is 2. The summed E-state index contributed by atoms with van der Waals surface area (Å²) in [6, 6.07) is 0.682. The molecule has 0 spiro atoms. The molecule has 1 saturated carbocycles. The quantitative estimate of drug-likeness (QED) is 0.675. The highest BCUT2D eigenvalue weighted by Gasteiger charge is 2.23. The zero-order valence-corrected chi connectivity index (χ0v) is 9.75. The summed E-state index contributed by atoms with van der Waals surface area (Å²) in [5.74, 6) is 0.965. The van der Waals surface area contributed by atoms with E-state index in [9.17, 15) is 4.79 Å². The normalized spacial score (nSPS) is 18.4. The van der Waals surface area contributed by atoms with Gasteiger partial charge in [-0.1, -0.05) is 26.7 Å². The molecule has 0 aromatic rings. The molecule has 0 unspecified atom stereocenters. The summed E-state index contributed by atoms with van der Waals surface area (Å²) in [5.41, 5.74) is 0. The van der Waals surface area contributed by atoms with Crippen molar-refractivity contribution in [1.82, 2.24) is 4.90 Å². The lowest BCUT2D eigenvalue weighted by atomic mass is 10.1. The molecule has 2 nitrogen and oxygen atoms in total. The number of nitrogens with zero attached hydrogens (tertiary/aromatic N) is 1. The van der Waals surface area contributed by atoms with Crippen LogP contribution in [0.3, 0.4) is 0 Å². The number of carbonyl (C=O) groups excluding carboxylic acids is 1. The second kappa shape index (κ2) is 5.50. The van der Waals surface area contributed by atoms with Gasteiger partial charge in [0.25, 0.3) is 0 Å². The van der Waals surface area contributed by atoms with Crippen LogP contribution < -0.4 is 0 Å². The minimum absolute atomic E-state index is 0.303. The molecule has 1 aliphatic carbocycles. The molecule has 0 bridgehead atoms. The van der Waals surface area contributed by atoms with Crippen molar-refractivity contribution in [1.29, 1.82) is 0 Å². The number of ketones is 1. The molecule has 1 aliphatic rings. The third-order valence-electron chi connectivity index (χ3n) is 2.87. The van der Waals surface area contributed by atoms with Crippen molar-refractivity contribution < 1.29 is 4.79 Å². The summed E-state index contributed by atoms with van der Waals surface area (Å²) in [4.78, 5) is 13.5. The Labute approximate surface area is 87.7 Å². The Morgan fingerprint density at radius 2 is 1.93 bits per heavy atom. The van der Waals surface area contributed by atoms with E-state index < -0.39 is 0 Å². The van der Waals surface area contributed by atoms with Gasteiger partial charge in [-0.3, -0.25) is 9.69 Å². The van der Waals surface area contributed by atoms with Gasteiger partial charge in [0.2, 0.25) is 0 Å². The SMILES string of the molecule is CC(=O)CN(CC(C)C)C1CCCC1. The molecule has 0 amide bonds. The second-order valence-electron chi connectivity index (χ2n) is 4.96. The Bertz CT molecular complexity index is 183. The van der Waals surface area contributed by atoms with Gasteiger partial charge in [0.05, 0.1) is 6.54 Å². The van der Waals surface area contributed by atoms with E-state index in [1.807, 2.05) is 0 Å². The lowest BCUT2D eigenvalue weighted by molar-refractivity contribution is -0.118. The Kier molecular flexibility index (Phi) is 4.59. The van der Waals surface area contributed by atoms with Crippen molar-refractivity contribution in [2.24, 2.45) is 5.92 Å². The summed E-state index contributed by atoms with van der Waals surface area (Å²) < 4.78 is 0. The molecule has 0 aromatic carbocycles. The maximum Gasteiger partial charge on any atom is 0.143 e. The number of Topliss-reactive ketones (excluding diaryl/α,β-unsaturated/α-hetero) is 1. The van der Waals surface area contributed by atoms with Crippen LogP contribution >= 0.6 is 0 Å². The van der Waals surface area contributed by atoms with Gasteiger partial charge in [-0.25, -0.2) is 0 Å². The van der Waals surface area contributed by atoms with Gasteiger partial charge in [0, 0.05) is 12.6 Å². The summed E-state index contributed by atoms with van der Waals surface area (Å²) >= 11 is 0. The molecule has 0 aliphatic heterocycles. The lowest BCUT2D eigenvalue weighted by Crippen LogP contribution is -2.39. The van der Waals surface area contributed by atoms with Crippen molar-refractivity contribution in [2.45, 2.75) is 52.5 Å². The van der Waals surface area contributed by atoms with Gasteiger partial charge in [0.1, 0.15) is 5.78 Å². The number of rotatable bonds is 5. The van der Waals surface area contributed by atoms with Crippen LogP contribution in [-0.4, -0.2) is 29.8 Å². The molecule has 0 N–H and O–H groups in total. The van der Waals surface area contributed by atoms with Gasteiger partial charge in [-0.15, -0.1) is 0 Å². The predicted octanol–water partition coefficient (Wildman–Crippen LogP) is 2.48. The Morgan fingerprint density at radius 1 is 1.36 bits per heavy atom. The van der Waals surface area contributed by atoms with Crippen molar-refractivity contribution in [3.63, 3.8) is 0 Å². The molecular weight excluding hydrogens is 174 g/mol. The maximum atomic E-state index is 11.2. The lowest BCUT2D eigenvalue weighted by Gasteiger charge is -2.29. The van der Waals surface area contributed by atoms with E-state index in [1.54, 1.807) is 6.92 Å². The maximum absolute atomic E-state index is 11.2. The van der Waals surface area contributed by atoms with Crippen LogP contribution in [0.4, 0.5) is 0 Å². The third kappa shape index (κ3) is 3.79. The first-order valence-corrected chi connectivity index (χ1v) is 5.83. The zero-order chi connectivity index (χ0) is 10.6. The predicted molar refractivity (Wildman–Crippen MR) is 59.3 cm³/mol. The first kappa shape index (κ1) is 11.7. The Balaban J connectivity index is 2.46. The highest BCUT2D eigenvalue weighted by atomic mass is 16.1. The molecule has 0 aromatic heterocycles. The molecule has 2 heteroatoms. The molecule has 0 atom stereocenters. The summed E-state index contributed by atoms with van der Waals surface area (Å²) in [7, 11) is 0. The molecule has 0 heterocycles. The van der Waals surface area contributed by atoms with E-state index in [0.717, 1.165) is 6.54 Å². The fraction of sp³-hybridized carbons (Fsp3) is 0.917. The zero-order valence-electron chi connectivity index (χ0n) is 9.75. The molecule has 14 heavy (non-hydrogen) atoms. The molecule has 0 saturated heterocycles. The highest BCUT2D eigenvalue weighted by Crippen LogP contribution is 2.23. The summed E-state index contributed by atoms with van der Waals surface area (Å²) in [6.45, 7) is 7.87. The van der Waals surface area contributed by atoms with E-state index in [1.165, 1.54) is 25.7 Å². The monoisotopic (exact) mass is 197 g/mol. The van der Waals surface area contributed by atoms with E-state index >= 15 is 0 Å². The first-order valence-electron chi connectivity index (χ1n) is 5.83. The van der Waals surface area contributed by atoms with Gasteiger partial charge in [0.15, 0.2) is 0 Å². The van der Waals surface area contributed by atoms with Gasteiger partial charge >= 0.3 is 0 Å². The minimum atomic E-state index is 0.303. The summed E-state index contributed by atoms with van der Waals surface area (Å²) in [5, 5.41) is 0. The van der Waals surface area contributed by atoms with E-state index in [0.29, 0.717) is 24.3 Å². The van der Waals surface area contributed by atoms with E-state index in [4.69, 9.17) is 0 Å². The fourth-order valence-corrected chi connectivity index (χ4v) is 2.37. The topological polar surface area (TPSA) is 20.3 Å². The smallest absolute Gasteiger partial charge is 0.143 e. The van der Waals surface area contributed by atoms with Crippen LogP contribution in [0.15, 0.2) is 0 Å². The van der Waals surface area contributed by atoms with Crippen molar-refractivity contribution in [2.75, 3.05) is 13.1 Å².